The lowest BCUT2D eigenvalue weighted by Crippen LogP contribution is -1.97. The normalized spacial score (nSPS) is 9.50. The number of aromatic nitrogens is 1. The van der Waals surface area contributed by atoms with Gasteiger partial charge in [-0.25, -0.2) is 4.98 Å². The number of nitro benzene ring substituents is 1. The summed E-state index contributed by atoms with van der Waals surface area (Å²) in [5.41, 5.74) is 0.578. The van der Waals surface area contributed by atoms with Gasteiger partial charge in [-0.05, 0) is 18.2 Å². The van der Waals surface area contributed by atoms with Crippen LogP contribution in [-0.4, -0.2) is 9.91 Å². The number of nitriles is 1. The molecule has 0 saturated heterocycles. The molecule has 18 heavy (non-hydrogen) atoms. The molecule has 1 N–H and O–H groups in total. The van der Waals surface area contributed by atoms with Crippen LogP contribution in [0.15, 0.2) is 42.6 Å². The fourth-order valence-corrected chi connectivity index (χ4v) is 1.42. The second kappa shape index (κ2) is 4.93. The first-order valence-corrected chi connectivity index (χ1v) is 5.07. The highest BCUT2D eigenvalue weighted by atomic mass is 16.6. The second-order valence-corrected chi connectivity index (χ2v) is 3.44. The largest absolute Gasteiger partial charge is 0.339 e. The van der Waals surface area contributed by atoms with E-state index in [0.29, 0.717) is 11.5 Å². The van der Waals surface area contributed by atoms with Gasteiger partial charge in [-0.1, -0.05) is 6.07 Å². The molecule has 2 rings (SSSR count). The number of pyridine rings is 1. The molecule has 6 nitrogen and oxygen atoms in total. The van der Waals surface area contributed by atoms with Gasteiger partial charge in [0, 0.05) is 18.3 Å². The number of non-ortho nitro benzene ring substituents is 1. The number of hydrogen-bond acceptors (Lipinski definition) is 5. The van der Waals surface area contributed by atoms with Crippen molar-refractivity contribution in [3.63, 3.8) is 0 Å². The van der Waals surface area contributed by atoms with Crippen molar-refractivity contribution in [2.45, 2.75) is 0 Å². The summed E-state index contributed by atoms with van der Waals surface area (Å²) in [6, 6.07) is 11.3. The molecular formula is C12H8N4O2. The Bertz CT molecular complexity index is 620. The van der Waals surface area contributed by atoms with Gasteiger partial charge < -0.3 is 5.32 Å². The molecule has 6 heteroatoms. The molecule has 1 aromatic heterocycles. The van der Waals surface area contributed by atoms with Gasteiger partial charge in [-0.3, -0.25) is 10.1 Å². The van der Waals surface area contributed by atoms with Crippen molar-refractivity contribution in [3.05, 3.63) is 58.3 Å². The van der Waals surface area contributed by atoms with Crippen molar-refractivity contribution in [2.75, 3.05) is 5.32 Å². The maximum atomic E-state index is 10.6. The lowest BCUT2D eigenvalue weighted by Gasteiger charge is -2.06. The average Bonchev–Trinajstić information content (AvgIpc) is 2.40. The number of hydrogen-bond donors (Lipinski definition) is 1. The zero-order chi connectivity index (χ0) is 13.0. The highest BCUT2D eigenvalue weighted by Gasteiger charge is 2.10. The molecule has 2 aromatic rings. The molecule has 0 saturated carbocycles. The van der Waals surface area contributed by atoms with Crippen LogP contribution in [0.5, 0.6) is 0 Å². The van der Waals surface area contributed by atoms with Gasteiger partial charge in [-0.15, -0.1) is 0 Å². The minimum absolute atomic E-state index is 0.113. The molecule has 0 bridgehead atoms. The number of nitrogens with zero attached hydrogens (tertiary/aromatic N) is 3. The van der Waals surface area contributed by atoms with Gasteiger partial charge in [0.1, 0.15) is 11.9 Å². The van der Waals surface area contributed by atoms with Crippen LogP contribution in [0, 0.1) is 21.4 Å². The summed E-state index contributed by atoms with van der Waals surface area (Å²) in [5.74, 6) is 0.572. The van der Waals surface area contributed by atoms with E-state index in [0.717, 1.165) is 0 Å². The second-order valence-electron chi connectivity index (χ2n) is 3.44. The zero-order valence-electron chi connectivity index (χ0n) is 9.20. The van der Waals surface area contributed by atoms with E-state index in [1.54, 1.807) is 24.4 Å². The minimum atomic E-state index is -0.536. The molecule has 1 heterocycles. The highest BCUT2D eigenvalue weighted by molar-refractivity contribution is 5.66. The van der Waals surface area contributed by atoms with E-state index in [4.69, 9.17) is 5.26 Å². The standard InChI is InChI=1S/C12H8N4O2/c13-8-9-7-10(16(17)18)4-5-11(9)15-12-3-1-2-6-14-12/h1-7H,(H,14,15). The van der Waals surface area contributed by atoms with Gasteiger partial charge in [-0.2, -0.15) is 5.26 Å². The van der Waals surface area contributed by atoms with Gasteiger partial charge >= 0.3 is 0 Å². The first-order chi connectivity index (χ1) is 8.70. The summed E-state index contributed by atoms with van der Waals surface area (Å²) in [6.45, 7) is 0. The van der Waals surface area contributed by atoms with E-state index in [1.165, 1.54) is 18.2 Å². The predicted octanol–water partition coefficient (Wildman–Crippen LogP) is 2.61. The van der Waals surface area contributed by atoms with Crippen molar-refractivity contribution >= 4 is 17.2 Å². The van der Waals surface area contributed by atoms with Gasteiger partial charge in [0.05, 0.1) is 16.2 Å². The fraction of sp³-hybridized carbons (Fsp3) is 0. The van der Waals surface area contributed by atoms with Crippen LogP contribution in [0.2, 0.25) is 0 Å². The molecule has 1 aromatic carbocycles. The molecule has 0 aliphatic rings. The summed E-state index contributed by atoms with van der Waals surface area (Å²) in [7, 11) is 0. The third-order valence-electron chi connectivity index (χ3n) is 2.26. The Morgan fingerprint density at radius 3 is 2.78 bits per heavy atom. The van der Waals surface area contributed by atoms with E-state index in [1.807, 2.05) is 6.07 Å². The van der Waals surface area contributed by atoms with E-state index in [9.17, 15) is 10.1 Å². The summed E-state index contributed by atoms with van der Waals surface area (Å²) in [5, 5.41) is 22.5. The Hall–Kier alpha value is -2.94. The van der Waals surface area contributed by atoms with Crippen LogP contribution in [0.4, 0.5) is 17.2 Å². The van der Waals surface area contributed by atoms with Gasteiger partial charge in [0.2, 0.25) is 0 Å². The van der Waals surface area contributed by atoms with E-state index >= 15 is 0 Å². The number of rotatable bonds is 3. The van der Waals surface area contributed by atoms with Gasteiger partial charge in [0.15, 0.2) is 0 Å². The monoisotopic (exact) mass is 240 g/mol. The lowest BCUT2D eigenvalue weighted by molar-refractivity contribution is -0.384. The third-order valence-corrected chi connectivity index (χ3v) is 2.26. The summed E-state index contributed by atoms with van der Waals surface area (Å²) >= 11 is 0. The Balaban J connectivity index is 2.35. The van der Waals surface area contributed by atoms with Crippen LogP contribution in [0.3, 0.4) is 0 Å². The quantitative estimate of drug-likeness (QED) is 0.657. The molecule has 0 spiro atoms. The van der Waals surface area contributed by atoms with Crippen molar-refractivity contribution < 1.29 is 4.92 Å². The maximum Gasteiger partial charge on any atom is 0.270 e. The molecule has 0 aliphatic heterocycles. The predicted molar refractivity (Wildman–Crippen MR) is 65.3 cm³/mol. The van der Waals surface area contributed by atoms with Crippen LogP contribution in [0.1, 0.15) is 5.56 Å². The summed E-state index contributed by atoms with van der Waals surface area (Å²) < 4.78 is 0. The topological polar surface area (TPSA) is 91.8 Å². The Morgan fingerprint density at radius 2 is 2.17 bits per heavy atom. The SMILES string of the molecule is N#Cc1cc([N+](=O)[O-])ccc1Nc1ccccn1. The van der Waals surface area contributed by atoms with E-state index in [2.05, 4.69) is 10.3 Å². The molecular weight excluding hydrogens is 232 g/mol. The summed E-state index contributed by atoms with van der Waals surface area (Å²) in [4.78, 5) is 14.1. The van der Waals surface area contributed by atoms with Crippen molar-refractivity contribution in [3.8, 4) is 6.07 Å². The molecule has 0 unspecified atom stereocenters. The maximum absolute atomic E-state index is 10.6. The van der Waals surface area contributed by atoms with Crippen LogP contribution in [0.25, 0.3) is 0 Å². The van der Waals surface area contributed by atoms with Crippen LogP contribution >= 0.6 is 0 Å². The first-order valence-electron chi connectivity index (χ1n) is 5.07. The zero-order valence-corrected chi connectivity index (χ0v) is 9.20. The number of nitrogens with one attached hydrogen (secondary N) is 1. The fourth-order valence-electron chi connectivity index (χ4n) is 1.42. The van der Waals surface area contributed by atoms with Gasteiger partial charge in [0.25, 0.3) is 5.69 Å². The molecule has 0 fully saturated rings. The molecule has 88 valence electrons. The summed E-state index contributed by atoms with van der Waals surface area (Å²) in [6.07, 6.45) is 1.61. The van der Waals surface area contributed by atoms with E-state index in [-0.39, 0.29) is 11.3 Å². The number of anilines is 2. The Morgan fingerprint density at radius 1 is 1.33 bits per heavy atom. The van der Waals surface area contributed by atoms with Crippen molar-refractivity contribution in [1.82, 2.24) is 4.98 Å². The Labute approximate surface area is 103 Å². The minimum Gasteiger partial charge on any atom is -0.339 e. The third kappa shape index (κ3) is 2.41. The van der Waals surface area contributed by atoms with Crippen LogP contribution < -0.4 is 5.32 Å². The smallest absolute Gasteiger partial charge is 0.270 e. The lowest BCUT2D eigenvalue weighted by atomic mass is 10.1. The average molecular weight is 240 g/mol. The number of benzene rings is 1. The van der Waals surface area contributed by atoms with Crippen molar-refractivity contribution in [2.24, 2.45) is 0 Å². The van der Waals surface area contributed by atoms with E-state index < -0.39 is 4.92 Å². The van der Waals surface area contributed by atoms with Crippen LogP contribution in [-0.2, 0) is 0 Å². The number of nitro groups is 1. The molecule has 0 atom stereocenters. The first kappa shape index (κ1) is 11.5. The molecule has 0 amide bonds. The Kier molecular flexibility index (Phi) is 3.16. The van der Waals surface area contributed by atoms with Crippen molar-refractivity contribution in [1.29, 1.82) is 5.26 Å². The highest BCUT2D eigenvalue weighted by Crippen LogP contribution is 2.23. The molecule has 0 aliphatic carbocycles. The molecule has 0 radical (unpaired) electrons.